The Kier molecular flexibility index (Phi) is 3.84. The number of hydrogen-bond donors (Lipinski definition) is 1. The van der Waals surface area contributed by atoms with Gasteiger partial charge in [0.1, 0.15) is 5.75 Å². The molecule has 0 fully saturated rings. The van der Waals surface area contributed by atoms with Crippen LogP contribution < -0.4 is 4.74 Å². The third kappa shape index (κ3) is 2.40. The van der Waals surface area contributed by atoms with Crippen LogP contribution in [-0.2, 0) is 0 Å². The Morgan fingerprint density at radius 1 is 1.00 bits per heavy atom. The maximum atomic E-state index is 12.6. The number of rotatable bonds is 4. The fraction of sp³-hybridized carbons (Fsp3) is 0.125. The molecule has 2 aromatic rings. The van der Waals surface area contributed by atoms with Crippen LogP contribution in [0.5, 0.6) is 5.75 Å². The summed E-state index contributed by atoms with van der Waals surface area (Å²) in [5.74, 6) is -1.24. The molecule has 0 aromatic heterocycles. The molecule has 0 aliphatic rings. The van der Waals surface area contributed by atoms with Gasteiger partial charge in [0.15, 0.2) is 5.78 Å². The van der Waals surface area contributed by atoms with Crippen molar-refractivity contribution in [3.63, 3.8) is 0 Å². The lowest BCUT2D eigenvalue weighted by Crippen LogP contribution is -2.12. The first-order chi connectivity index (χ1) is 9.56. The van der Waals surface area contributed by atoms with Gasteiger partial charge in [-0.1, -0.05) is 30.3 Å². The third-order valence-electron chi connectivity index (χ3n) is 3.09. The van der Waals surface area contributed by atoms with Gasteiger partial charge in [0, 0.05) is 5.56 Å². The minimum Gasteiger partial charge on any atom is -0.496 e. The lowest BCUT2D eigenvalue weighted by Gasteiger charge is -2.11. The molecule has 0 atom stereocenters. The molecule has 0 unspecified atom stereocenters. The van der Waals surface area contributed by atoms with Crippen LogP contribution >= 0.6 is 0 Å². The maximum absolute atomic E-state index is 12.6. The molecule has 20 heavy (non-hydrogen) atoms. The standard InChI is InChI=1S/C16H14O4/c1-10-6-3-4-7-11(10)15(17)14-12(16(18)19)8-5-9-13(14)20-2/h3-9H,1-2H3,(H,18,19). The number of aromatic carboxylic acids is 1. The Hall–Kier alpha value is -2.62. The van der Waals surface area contributed by atoms with Gasteiger partial charge in [-0.2, -0.15) is 0 Å². The zero-order valence-corrected chi connectivity index (χ0v) is 11.2. The van der Waals surface area contributed by atoms with Crippen LogP contribution in [-0.4, -0.2) is 24.0 Å². The second kappa shape index (κ2) is 5.57. The number of carboxylic acids is 1. The highest BCUT2D eigenvalue weighted by atomic mass is 16.5. The van der Waals surface area contributed by atoms with E-state index in [-0.39, 0.29) is 22.7 Å². The molecule has 4 heteroatoms. The quantitative estimate of drug-likeness (QED) is 0.867. The minimum absolute atomic E-state index is 0.0578. The number of aryl methyl sites for hydroxylation is 1. The highest BCUT2D eigenvalue weighted by molar-refractivity contribution is 6.16. The normalized spacial score (nSPS) is 10.1. The van der Waals surface area contributed by atoms with Crippen molar-refractivity contribution in [3.05, 3.63) is 64.7 Å². The minimum atomic E-state index is -1.15. The number of benzene rings is 2. The van der Waals surface area contributed by atoms with Crippen molar-refractivity contribution in [1.29, 1.82) is 0 Å². The average Bonchev–Trinajstić information content (AvgIpc) is 2.46. The Bertz CT molecular complexity index is 674. The van der Waals surface area contributed by atoms with Crippen LogP contribution in [0.1, 0.15) is 31.8 Å². The largest absolute Gasteiger partial charge is 0.496 e. The predicted octanol–water partition coefficient (Wildman–Crippen LogP) is 2.93. The van der Waals surface area contributed by atoms with Gasteiger partial charge < -0.3 is 9.84 Å². The maximum Gasteiger partial charge on any atom is 0.336 e. The summed E-state index contributed by atoms with van der Waals surface area (Å²) in [7, 11) is 1.41. The summed E-state index contributed by atoms with van der Waals surface area (Å²) in [5.41, 5.74) is 1.29. The number of ether oxygens (including phenoxy) is 1. The summed E-state index contributed by atoms with van der Waals surface area (Å²) in [4.78, 5) is 23.9. The first-order valence-electron chi connectivity index (χ1n) is 6.07. The van der Waals surface area contributed by atoms with Crippen LogP contribution in [0.3, 0.4) is 0 Å². The van der Waals surface area contributed by atoms with Gasteiger partial charge in [0.05, 0.1) is 18.2 Å². The molecule has 0 saturated heterocycles. The Balaban J connectivity index is 2.65. The van der Waals surface area contributed by atoms with Crippen molar-refractivity contribution in [1.82, 2.24) is 0 Å². The molecule has 0 bridgehead atoms. The molecular formula is C16H14O4. The molecule has 1 N–H and O–H groups in total. The number of carbonyl (C=O) groups is 2. The van der Waals surface area contributed by atoms with Crippen LogP contribution in [0, 0.1) is 6.92 Å². The highest BCUT2D eigenvalue weighted by Gasteiger charge is 2.23. The number of hydrogen-bond acceptors (Lipinski definition) is 3. The molecule has 0 saturated carbocycles. The number of ketones is 1. The molecule has 0 aliphatic carbocycles. The molecule has 0 heterocycles. The van der Waals surface area contributed by atoms with Gasteiger partial charge in [0.25, 0.3) is 0 Å². The van der Waals surface area contributed by atoms with Crippen molar-refractivity contribution in [2.75, 3.05) is 7.11 Å². The molecule has 0 aliphatic heterocycles. The topological polar surface area (TPSA) is 63.6 Å². The first kappa shape index (κ1) is 13.8. The molecule has 2 rings (SSSR count). The fourth-order valence-corrected chi connectivity index (χ4v) is 2.08. The first-order valence-corrected chi connectivity index (χ1v) is 6.07. The van der Waals surface area contributed by atoms with Crippen LogP contribution in [0.2, 0.25) is 0 Å². The van der Waals surface area contributed by atoms with E-state index in [4.69, 9.17) is 4.74 Å². The van der Waals surface area contributed by atoms with Crippen LogP contribution in [0.25, 0.3) is 0 Å². The van der Waals surface area contributed by atoms with E-state index in [1.54, 1.807) is 24.3 Å². The summed E-state index contributed by atoms with van der Waals surface area (Å²) in [6.45, 7) is 1.81. The van der Waals surface area contributed by atoms with E-state index >= 15 is 0 Å². The molecule has 0 spiro atoms. The van der Waals surface area contributed by atoms with Gasteiger partial charge in [-0.3, -0.25) is 4.79 Å². The summed E-state index contributed by atoms with van der Waals surface area (Å²) in [6, 6.07) is 11.6. The summed E-state index contributed by atoms with van der Waals surface area (Å²) in [6.07, 6.45) is 0. The van der Waals surface area contributed by atoms with Crippen molar-refractivity contribution in [2.24, 2.45) is 0 Å². The fourth-order valence-electron chi connectivity index (χ4n) is 2.08. The summed E-state index contributed by atoms with van der Waals surface area (Å²) >= 11 is 0. The highest BCUT2D eigenvalue weighted by Crippen LogP contribution is 2.26. The Morgan fingerprint density at radius 3 is 2.25 bits per heavy atom. The number of carboxylic acid groups (broad SMARTS) is 1. The molecule has 0 radical (unpaired) electrons. The smallest absolute Gasteiger partial charge is 0.336 e. The van der Waals surface area contributed by atoms with Crippen molar-refractivity contribution in [3.8, 4) is 5.75 Å². The van der Waals surface area contributed by atoms with E-state index in [0.717, 1.165) is 5.56 Å². The summed E-state index contributed by atoms with van der Waals surface area (Å²) < 4.78 is 5.13. The van der Waals surface area contributed by atoms with Crippen molar-refractivity contribution >= 4 is 11.8 Å². The molecule has 4 nitrogen and oxygen atoms in total. The van der Waals surface area contributed by atoms with E-state index in [1.807, 2.05) is 19.1 Å². The van der Waals surface area contributed by atoms with E-state index in [0.29, 0.717) is 5.56 Å². The van der Waals surface area contributed by atoms with E-state index < -0.39 is 5.97 Å². The van der Waals surface area contributed by atoms with E-state index in [2.05, 4.69) is 0 Å². The lowest BCUT2D eigenvalue weighted by molar-refractivity contribution is 0.0692. The molecule has 102 valence electrons. The van der Waals surface area contributed by atoms with Gasteiger partial charge in [-0.15, -0.1) is 0 Å². The lowest BCUT2D eigenvalue weighted by atomic mass is 9.95. The second-order valence-electron chi connectivity index (χ2n) is 4.33. The summed E-state index contributed by atoms with van der Waals surface area (Å²) in [5, 5.41) is 9.24. The Morgan fingerprint density at radius 2 is 1.65 bits per heavy atom. The predicted molar refractivity (Wildman–Crippen MR) is 74.6 cm³/mol. The van der Waals surface area contributed by atoms with Crippen molar-refractivity contribution in [2.45, 2.75) is 6.92 Å². The number of methoxy groups -OCH3 is 1. The number of carbonyl (C=O) groups excluding carboxylic acids is 1. The average molecular weight is 270 g/mol. The Labute approximate surface area is 116 Å². The molecule has 2 aromatic carbocycles. The second-order valence-corrected chi connectivity index (χ2v) is 4.33. The van der Waals surface area contributed by atoms with Crippen molar-refractivity contribution < 1.29 is 19.4 Å². The zero-order valence-electron chi connectivity index (χ0n) is 11.2. The van der Waals surface area contributed by atoms with Gasteiger partial charge in [-0.05, 0) is 24.6 Å². The van der Waals surface area contributed by atoms with Gasteiger partial charge in [-0.25, -0.2) is 4.79 Å². The molecule has 0 amide bonds. The van der Waals surface area contributed by atoms with Crippen LogP contribution in [0.4, 0.5) is 0 Å². The van der Waals surface area contributed by atoms with E-state index in [9.17, 15) is 14.7 Å². The molecular weight excluding hydrogens is 256 g/mol. The monoisotopic (exact) mass is 270 g/mol. The zero-order chi connectivity index (χ0) is 14.7. The van der Waals surface area contributed by atoms with Gasteiger partial charge in [0.2, 0.25) is 0 Å². The van der Waals surface area contributed by atoms with E-state index in [1.165, 1.54) is 13.2 Å². The third-order valence-corrected chi connectivity index (χ3v) is 3.09. The van der Waals surface area contributed by atoms with Gasteiger partial charge >= 0.3 is 5.97 Å². The van der Waals surface area contributed by atoms with Crippen LogP contribution in [0.15, 0.2) is 42.5 Å². The SMILES string of the molecule is COc1cccc(C(=O)O)c1C(=O)c1ccccc1C.